The van der Waals surface area contributed by atoms with Gasteiger partial charge in [0.1, 0.15) is 11.5 Å². The highest BCUT2D eigenvalue weighted by molar-refractivity contribution is 7.99. The molecule has 0 aliphatic carbocycles. The van der Waals surface area contributed by atoms with E-state index in [1.54, 1.807) is 0 Å². The van der Waals surface area contributed by atoms with E-state index in [0.29, 0.717) is 0 Å². The average molecular weight is 1400 g/mol. The van der Waals surface area contributed by atoms with Crippen LogP contribution in [-0.4, -0.2) is 0 Å². The van der Waals surface area contributed by atoms with E-state index in [1.807, 2.05) is 11.8 Å². The van der Waals surface area contributed by atoms with Gasteiger partial charge in [0, 0.05) is 84.1 Å². The van der Waals surface area contributed by atoms with Crippen molar-refractivity contribution in [2.45, 2.75) is 47.8 Å². The van der Waals surface area contributed by atoms with Crippen molar-refractivity contribution < 1.29 is 4.74 Å². The van der Waals surface area contributed by atoms with Crippen LogP contribution in [0.1, 0.15) is 71.6 Å². The third kappa shape index (κ3) is 11.3. The first-order chi connectivity index (χ1) is 53.2. The molecule has 16 aromatic rings. The van der Waals surface area contributed by atoms with Crippen molar-refractivity contribution in [1.29, 1.82) is 0 Å². The molecule has 514 valence electrons. The Hall–Kier alpha value is -13.1. The first-order valence-electron chi connectivity index (χ1n) is 37.3. The van der Waals surface area contributed by atoms with Crippen LogP contribution in [0.5, 0.6) is 11.5 Å². The van der Waals surface area contributed by atoms with Crippen LogP contribution in [0.4, 0.5) is 68.2 Å². The molecule has 0 saturated heterocycles. The first-order valence-corrected chi connectivity index (χ1v) is 38.2. The van der Waals surface area contributed by atoms with Gasteiger partial charge in [0.25, 0.3) is 0 Å². The fraction of sp³-hybridized carbons (Fsp3) is 0.0588. The number of nitrogens with zero attached hydrogens (tertiary/aromatic N) is 4. The maximum absolute atomic E-state index is 7.52. The lowest BCUT2D eigenvalue weighted by Crippen LogP contribution is -2.28. The molecule has 2 atom stereocenters. The zero-order valence-corrected chi connectivity index (χ0v) is 60.9. The molecule has 0 saturated carbocycles. The molecule has 0 N–H and O–H groups in total. The Morgan fingerprint density at radius 3 is 1.30 bits per heavy atom. The highest BCUT2D eigenvalue weighted by Gasteiger charge is 2.45. The summed E-state index contributed by atoms with van der Waals surface area (Å²) in [6, 6.07) is 141. The predicted molar refractivity (Wildman–Crippen MR) is 450 cm³/mol. The van der Waals surface area contributed by atoms with Gasteiger partial charge in [0.05, 0.1) is 34.1 Å². The van der Waals surface area contributed by atoms with Crippen molar-refractivity contribution in [2.75, 3.05) is 19.6 Å². The first kappa shape index (κ1) is 64.5. The van der Waals surface area contributed by atoms with Crippen LogP contribution in [-0.2, 0) is 5.41 Å². The molecule has 16 aromatic carbocycles. The lowest BCUT2D eigenvalue weighted by Gasteiger charge is -2.45. The summed E-state index contributed by atoms with van der Waals surface area (Å²) in [5, 5.41) is 0. The van der Waals surface area contributed by atoms with E-state index in [-0.39, 0.29) is 17.3 Å². The maximum Gasteiger partial charge on any atom is 0.135 e. The van der Waals surface area contributed by atoms with Crippen LogP contribution in [0.15, 0.2) is 392 Å². The molecule has 4 aliphatic rings. The molecule has 4 heterocycles. The van der Waals surface area contributed by atoms with Gasteiger partial charge in [-0.15, -0.1) is 0 Å². The number of anilines is 12. The monoisotopic (exact) mass is 1400 g/mol. The van der Waals surface area contributed by atoms with Gasteiger partial charge in [0.15, 0.2) is 0 Å². The molecule has 20 rings (SSSR count). The fourth-order valence-corrected chi connectivity index (χ4v) is 18.2. The van der Waals surface area contributed by atoms with Gasteiger partial charge in [-0.2, -0.15) is 0 Å². The van der Waals surface area contributed by atoms with Gasteiger partial charge in [-0.3, -0.25) is 0 Å². The number of rotatable bonds is 13. The van der Waals surface area contributed by atoms with Gasteiger partial charge in [-0.05, 0) is 181 Å². The number of para-hydroxylation sites is 4. The van der Waals surface area contributed by atoms with Gasteiger partial charge < -0.3 is 24.3 Å². The zero-order valence-electron chi connectivity index (χ0n) is 60.1. The van der Waals surface area contributed by atoms with E-state index in [0.717, 1.165) is 130 Å². The van der Waals surface area contributed by atoms with Gasteiger partial charge in [0.2, 0.25) is 0 Å². The van der Waals surface area contributed by atoms with Crippen molar-refractivity contribution >= 4 is 80.0 Å². The Labute approximate surface area is 636 Å². The minimum Gasteiger partial charge on any atom is -0.457 e. The minimum atomic E-state index is -0.217. The third-order valence-corrected chi connectivity index (χ3v) is 23.2. The predicted octanol–water partition coefficient (Wildman–Crippen LogP) is 28.8. The Morgan fingerprint density at radius 2 is 0.722 bits per heavy atom. The molecular weight excluding hydrogens is 1330 g/mol. The van der Waals surface area contributed by atoms with Crippen LogP contribution in [0, 0.1) is 0 Å². The summed E-state index contributed by atoms with van der Waals surface area (Å²) in [5.41, 5.74) is 33.0. The molecule has 0 aromatic heterocycles. The summed E-state index contributed by atoms with van der Waals surface area (Å²) >= 11 is 1.90. The summed E-state index contributed by atoms with van der Waals surface area (Å²) in [7, 11) is 0. The molecule has 0 spiro atoms. The Morgan fingerprint density at radius 1 is 0.269 bits per heavy atom. The largest absolute Gasteiger partial charge is 0.457 e. The van der Waals surface area contributed by atoms with Crippen molar-refractivity contribution in [3.05, 3.63) is 421 Å². The smallest absolute Gasteiger partial charge is 0.135 e. The van der Waals surface area contributed by atoms with Crippen molar-refractivity contribution in [3.8, 4) is 67.1 Å². The van der Waals surface area contributed by atoms with Crippen molar-refractivity contribution in [1.82, 2.24) is 0 Å². The third-order valence-electron chi connectivity index (χ3n) is 22.1. The second-order valence-corrected chi connectivity index (χ2v) is 30.6. The zero-order chi connectivity index (χ0) is 72.0. The van der Waals surface area contributed by atoms with E-state index in [4.69, 9.17) is 4.74 Å². The quantitative estimate of drug-likeness (QED) is 0.114. The molecule has 0 fully saturated rings. The summed E-state index contributed by atoms with van der Waals surface area (Å²) in [6.07, 6.45) is 0. The van der Waals surface area contributed by atoms with Crippen molar-refractivity contribution in [3.63, 3.8) is 0 Å². The molecule has 5 nitrogen and oxygen atoms in total. The number of fused-ring (bicyclic) bond motifs is 8. The molecule has 0 amide bonds. The van der Waals surface area contributed by atoms with E-state index >= 15 is 0 Å². The molecule has 6 heteroatoms. The molecule has 0 radical (unpaired) electrons. The van der Waals surface area contributed by atoms with Crippen LogP contribution in [0.2, 0.25) is 0 Å². The standard InChI is InChI=1S/C102H74N4OS/c1-102(2,3)76-53-47-73(48-54-76)84-41-19-22-44-89(84)106-91-66-96-88(65-87(91)99-86-43-21-24-46-94(86)107-95-63-82(61-92(106)100(95)99)103(78-55-49-71(50-56-78)67-27-9-4-10-28-67)80-39-25-35-74(59-80)69-31-13-6-14-32-69)98-85-42-20-23-45-90(85)105(77-37-17-8-18-38-77)93-62-83(64-97(108-96)101(93)98)104(79-57-51-72(52-58-79)68-29-11-5-12-30-68)81-40-26-36-75(60-81)70-33-15-7-16-34-70/h4-66,98-99H,1-3H3. The second kappa shape index (κ2) is 26.5. The Balaban J connectivity index is 0.836. The molecular formula is C102H74N4OS. The molecule has 4 aliphatic heterocycles. The molecule has 108 heavy (non-hydrogen) atoms. The Kier molecular flexibility index (Phi) is 15.8. The lowest BCUT2D eigenvalue weighted by atomic mass is 9.74. The van der Waals surface area contributed by atoms with Gasteiger partial charge in [-0.25, -0.2) is 0 Å². The SMILES string of the molecule is CC(C)(C)c1ccc(-c2ccccc2N2c3cc4c(cc3C3c5ccccc5Oc5cc(N(c6ccc(-c7ccccc7)cc6)c6cccc(-c7ccccc7)c6)cc2c53)C2c3ccccc3N(c3ccccc3)c3cc(N(c5ccc(-c6ccccc6)cc5)c5cccc(-c6ccccc6)c5)cc(c32)S4)cc1. The average Bonchev–Trinajstić information content (AvgIpc) is 0.690. The summed E-state index contributed by atoms with van der Waals surface area (Å²) in [4.78, 5) is 12.4. The minimum absolute atomic E-state index is 0.0293. The van der Waals surface area contributed by atoms with Crippen LogP contribution in [0.3, 0.4) is 0 Å². The summed E-state index contributed by atoms with van der Waals surface area (Å²) in [6.45, 7) is 6.88. The Bertz CT molecular complexity index is 6100. The number of benzene rings is 16. The number of hydrogen-bond acceptors (Lipinski definition) is 6. The number of hydrogen-bond donors (Lipinski definition) is 0. The summed E-state index contributed by atoms with van der Waals surface area (Å²) in [5.74, 6) is 1.31. The molecule has 2 unspecified atom stereocenters. The van der Waals surface area contributed by atoms with E-state index in [2.05, 4.69) is 423 Å². The van der Waals surface area contributed by atoms with E-state index in [9.17, 15) is 0 Å². The topological polar surface area (TPSA) is 22.2 Å². The van der Waals surface area contributed by atoms with Gasteiger partial charge in [-0.1, -0.05) is 306 Å². The fourth-order valence-electron chi connectivity index (χ4n) is 17.0. The normalized spacial score (nSPS) is 14.1. The van der Waals surface area contributed by atoms with Crippen molar-refractivity contribution in [2.24, 2.45) is 0 Å². The van der Waals surface area contributed by atoms with Crippen LogP contribution in [0.25, 0.3) is 55.6 Å². The van der Waals surface area contributed by atoms with E-state index in [1.165, 1.54) is 54.3 Å². The van der Waals surface area contributed by atoms with Crippen LogP contribution >= 0.6 is 11.8 Å². The van der Waals surface area contributed by atoms with E-state index < -0.39 is 0 Å². The lowest BCUT2D eigenvalue weighted by molar-refractivity contribution is 0.452. The molecule has 0 bridgehead atoms. The highest BCUT2D eigenvalue weighted by atomic mass is 32.2. The highest BCUT2D eigenvalue weighted by Crippen LogP contribution is 2.66. The second-order valence-electron chi connectivity index (χ2n) is 29.5. The summed E-state index contributed by atoms with van der Waals surface area (Å²) < 4.78 is 7.52. The maximum atomic E-state index is 7.52. The van der Waals surface area contributed by atoms with Crippen LogP contribution < -0.4 is 24.3 Å². The van der Waals surface area contributed by atoms with Gasteiger partial charge >= 0.3 is 0 Å². The number of ether oxygens (including phenoxy) is 1.